The zero-order chi connectivity index (χ0) is 19.5. The molecule has 1 aliphatic rings. The first-order chi connectivity index (χ1) is 13.7. The molecule has 3 heteroatoms. The summed E-state index contributed by atoms with van der Waals surface area (Å²) in [5, 5.41) is 0. The third-order valence-corrected chi connectivity index (χ3v) is 5.05. The van der Waals surface area contributed by atoms with Gasteiger partial charge in [0.05, 0.1) is 12.7 Å². The van der Waals surface area contributed by atoms with Crippen molar-refractivity contribution in [1.29, 1.82) is 0 Å². The molecule has 0 aromatic heterocycles. The lowest BCUT2D eigenvalue weighted by molar-refractivity contribution is 0.399. The molecular formula is C25H25NO2. The van der Waals surface area contributed by atoms with Crippen molar-refractivity contribution in [3.63, 3.8) is 0 Å². The predicted molar refractivity (Wildman–Crippen MR) is 114 cm³/mol. The van der Waals surface area contributed by atoms with E-state index in [2.05, 4.69) is 67.5 Å². The summed E-state index contributed by atoms with van der Waals surface area (Å²) in [6, 6.07) is 27.0. The van der Waals surface area contributed by atoms with Crippen LogP contribution in [0.15, 0.2) is 84.4 Å². The van der Waals surface area contributed by atoms with Gasteiger partial charge >= 0.3 is 0 Å². The summed E-state index contributed by atoms with van der Waals surface area (Å²) < 4.78 is 12.2. The highest BCUT2D eigenvalue weighted by Gasteiger charge is 2.32. The van der Waals surface area contributed by atoms with E-state index in [1.165, 1.54) is 16.7 Å². The average Bonchev–Trinajstić information content (AvgIpc) is 2.73. The monoisotopic (exact) mass is 371 g/mol. The molecule has 0 fully saturated rings. The molecule has 0 radical (unpaired) electrons. The number of hydrogen-bond acceptors (Lipinski definition) is 3. The SMILES string of the molecule is COc1ccccc1C1=C(CN(C)C)C(c2ccccc2)c2ccccc2O1. The van der Waals surface area contributed by atoms with E-state index in [1.807, 2.05) is 30.3 Å². The van der Waals surface area contributed by atoms with Crippen LogP contribution < -0.4 is 9.47 Å². The van der Waals surface area contributed by atoms with E-state index < -0.39 is 0 Å². The van der Waals surface area contributed by atoms with Crippen LogP contribution >= 0.6 is 0 Å². The first-order valence-electron chi connectivity index (χ1n) is 9.52. The fourth-order valence-corrected chi connectivity index (χ4v) is 3.90. The van der Waals surface area contributed by atoms with Crippen molar-refractivity contribution >= 4 is 5.76 Å². The van der Waals surface area contributed by atoms with Crippen molar-refractivity contribution in [2.75, 3.05) is 27.7 Å². The Hall–Kier alpha value is -3.04. The Balaban J connectivity index is 1.98. The van der Waals surface area contributed by atoms with Crippen LogP contribution in [0.3, 0.4) is 0 Å². The summed E-state index contributed by atoms with van der Waals surface area (Å²) in [7, 11) is 5.89. The summed E-state index contributed by atoms with van der Waals surface area (Å²) >= 11 is 0. The molecule has 28 heavy (non-hydrogen) atoms. The fraction of sp³-hybridized carbons (Fsp3) is 0.200. The van der Waals surface area contributed by atoms with Gasteiger partial charge in [-0.2, -0.15) is 0 Å². The van der Waals surface area contributed by atoms with E-state index >= 15 is 0 Å². The van der Waals surface area contributed by atoms with Crippen LogP contribution in [0.25, 0.3) is 5.76 Å². The van der Waals surface area contributed by atoms with E-state index in [4.69, 9.17) is 9.47 Å². The highest BCUT2D eigenvalue weighted by atomic mass is 16.5. The van der Waals surface area contributed by atoms with Crippen molar-refractivity contribution in [3.05, 3.63) is 101 Å². The lowest BCUT2D eigenvalue weighted by Gasteiger charge is -2.33. The van der Waals surface area contributed by atoms with Gasteiger partial charge in [-0.3, -0.25) is 0 Å². The Morgan fingerprint density at radius 3 is 2.29 bits per heavy atom. The largest absolute Gasteiger partial charge is 0.496 e. The number of para-hydroxylation sites is 2. The molecule has 1 atom stereocenters. The van der Waals surface area contributed by atoms with E-state index in [9.17, 15) is 0 Å². The fourth-order valence-electron chi connectivity index (χ4n) is 3.90. The molecule has 0 amide bonds. The molecule has 0 saturated heterocycles. The highest BCUT2D eigenvalue weighted by molar-refractivity contribution is 5.75. The van der Waals surface area contributed by atoms with Gasteiger partial charge in [0.25, 0.3) is 0 Å². The van der Waals surface area contributed by atoms with Crippen molar-refractivity contribution < 1.29 is 9.47 Å². The molecule has 4 rings (SSSR count). The number of benzene rings is 3. The third-order valence-electron chi connectivity index (χ3n) is 5.05. The summed E-state index contributed by atoms with van der Waals surface area (Å²) in [4.78, 5) is 2.19. The maximum Gasteiger partial charge on any atom is 0.139 e. The second-order valence-electron chi connectivity index (χ2n) is 7.28. The molecule has 1 heterocycles. The molecule has 0 saturated carbocycles. The second-order valence-corrected chi connectivity index (χ2v) is 7.28. The van der Waals surface area contributed by atoms with Crippen LogP contribution in [0, 0.1) is 0 Å². The number of nitrogens with zero attached hydrogens (tertiary/aromatic N) is 1. The van der Waals surface area contributed by atoms with Gasteiger partial charge in [0.1, 0.15) is 17.3 Å². The van der Waals surface area contributed by atoms with Gasteiger partial charge in [0.2, 0.25) is 0 Å². The van der Waals surface area contributed by atoms with Crippen molar-refractivity contribution in [2.24, 2.45) is 0 Å². The van der Waals surface area contributed by atoms with Gasteiger partial charge in [0.15, 0.2) is 0 Å². The maximum absolute atomic E-state index is 6.50. The van der Waals surface area contributed by atoms with Crippen molar-refractivity contribution in [2.45, 2.75) is 5.92 Å². The third kappa shape index (κ3) is 3.41. The van der Waals surface area contributed by atoms with Gasteiger partial charge in [0, 0.05) is 18.0 Å². The molecule has 0 aliphatic carbocycles. The summed E-state index contributed by atoms with van der Waals surface area (Å²) in [6.45, 7) is 0.793. The van der Waals surface area contributed by atoms with Crippen LogP contribution in [0.5, 0.6) is 11.5 Å². The number of fused-ring (bicyclic) bond motifs is 1. The molecular weight excluding hydrogens is 346 g/mol. The minimum Gasteiger partial charge on any atom is -0.496 e. The Morgan fingerprint density at radius 2 is 1.54 bits per heavy atom. The lowest BCUT2D eigenvalue weighted by atomic mass is 9.81. The van der Waals surface area contributed by atoms with E-state index in [1.54, 1.807) is 7.11 Å². The van der Waals surface area contributed by atoms with Crippen molar-refractivity contribution in [3.8, 4) is 11.5 Å². The summed E-state index contributed by atoms with van der Waals surface area (Å²) in [6.07, 6.45) is 0. The first kappa shape index (κ1) is 18.3. The molecule has 0 spiro atoms. The smallest absolute Gasteiger partial charge is 0.139 e. The maximum atomic E-state index is 6.50. The van der Waals surface area contributed by atoms with Gasteiger partial charge in [-0.1, -0.05) is 60.7 Å². The zero-order valence-electron chi connectivity index (χ0n) is 16.6. The lowest BCUT2D eigenvalue weighted by Crippen LogP contribution is -2.25. The normalized spacial score (nSPS) is 15.9. The highest BCUT2D eigenvalue weighted by Crippen LogP contribution is 2.46. The number of likely N-dealkylation sites (N-methyl/N-ethyl adjacent to an activating group) is 1. The average molecular weight is 371 g/mol. The van der Waals surface area contributed by atoms with E-state index in [-0.39, 0.29) is 5.92 Å². The molecule has 0 N–H and O–H groups in total. The molecule has 0 bridgehead atoms. The topological polar surface area (TPSA) is 21.7 Å². The number of methoxy groups -OCH3 is 1. The van der Waals surface area contributed by atoms with Gasteiger partial charge in [-0.15, -0.1) is 0 Å². The number of hydrogen-bond donors (Lipinski definition) is 0. The first-order valence-corrected chi connectivity index (χ1v) is 9.52. The minimum atomic E-state index is 0.133. The Kier molecular flexibility index (Phi) is 5.18. The van der Waals surface area contributed by atoms with E-state index in [0.29, 0.717) is 0 Å². The Labute approximate surface area is 166 Å². The zero-order valence-corrected chi connectivity index (χ0v) is 16.6. The summed E-state index contributed by atoms with van der Waals surface area (Å²) in [5.41, 5.74) is 4.68. The van der Waals surface area contributed by atoms with Crippen LogP contribution in [0.1, 0.15) is 22.6 Å². The van der Waals surface area contributed by atoms with Crippen LogP contribution in [-0.2, 0) is 0 Å². The standard InChI is InChI=1S/C25H25NO2/c1-26(2)17-21-24(18-11-5-4-6-12-18)19-13-7-10-16-23(19)28-25(21)20-14-8-9-15-22(20)27-3/h4-16,24H,17H2,1-3H3. The van der Waals surface area contributed by atoms with Gasteiger partial charge in [-0.05, 0) is 43.4 Å². The minimum absolute atomic E-state index is 0.133. The molecule has 3 aromatic carbocycles. The van der Waals surface area contributed by atoms with Crippen LogP contribution in [0.2, 0.25) is 0 Å². The van der Waals surface area contributed by atoms with E-state index in [0.717, 1.165) is 29.4 Å². The number of rotatable bonds is 5. The van der Waals surface area contributed by atoms with Gasteiger partial charge < -0.3 is 14.4 Å². The van der Waals surface area contributed by atoms with Crippen molar-refractivity contribution in [1.82, 2.24) is 4.90 Å². The predicted octanol–water partition coefficient (Wildman–Crippen LogP) is 5.19. The van der Waals surface area contributed by atoms with Crippen LogP contribution in [0.4, 0.5) is 0 Å². The Morgan fingerprint density at radius 1 is 0.857 bits per heavy atom. The molecule has 1 aliphatic heterocycles. The van der Waals surface area contributed by atoms with Crippen LogP contribution in [-0.4, -0.2) is 32.6 Å². The molecule has 3 nitrogen and oxygen atoms in total. The second kappa shape index (κ2) is 7.91. The Bertz CT molecular complexity index is 992. The molecule has 3 aromatic rings. The number of ether oxygens (including phenoxy) is 2. The quantitative estimate of drug-likeness (QED) is 0.616. The van der Waals surface area contributed by atoms with Gasteiger partial charge in [-0.25, -0.2) is 0 Å². The summed E-state index contributed by atoms with van der Waals surface area (Å²) in [5.74, 6) is 2.74. The molecule has 142 valence electrons. The molecule has 1 unspecified atom stereocenters.